The van der Waals surface area contributed by atoms with Crippen LogP contribution >= 0.6 is 0 Å². The minimum absolute atomic E-state index is 0.0121. The van der Waals surface area contributed by atoms with Gasteiger partial charge in [-0.05, 0) is 41.7 Å². The van der Waals surface area contributed by atoms with Crippen LogP contribution < -0.4 is 26.2 Å². The summed E-state index contributed by atoms with van der Waals surface area (Å²) in [7, 11) is 0. The van der Waals surface area contributed by atoms with Crippen molar-refractivity contribution in [3.8, 4) is 0 Å². The van der Waals surface area contributed by atoms with E-state index in [4.69, 9.17) is 19.7 Å². The summed E-state index contributed by atoms with van der Waals surface area (Å²) in [6.45, 7) is 1.60. The number of rotatable bonds is 12. The number of hydrogen-bond acceptors (Lipinski definition) is 11. The second-order valence-electron chi connectivity index (χ2n) is 14.3. The third kappa shape index (κ3) is 8.64. The van der Waals surface area contributed by atoms with Crippen LogP contribution in [-0.2, 0) is 11.3 Å². The Morgan fingerprint density at radius 1 is 0.860 bits per heavy atom. The van der Waals surface area contributed by atoms with Crippen molar-refractivity contribution >= 4 is 40.7 Å². The molecule has 4 heterocycles. The molecule has 6 N–H and O–H groups in total. The fourth-order valence-electron chi connectivity index (χ4n) is 7.60. The van der Waals surface area contributed by atoms with Crippen molar-refractivity contribution in [3.05, 3.63) is 139 Å². The third-order valence-electron chi connectivity index (χ3n) is 10.5. The number of fused-ring (bicyclic) bond motifs is 1. The summed E-state index contributed by atoms with van der Waals surface area (Å²) in [5, 5.41) is 34.7. The fourth-order valence-corrected chi connectivity index (χ4v) is 7.60. The van der Waals surface area contributed by atoms with Crippen molar-refractivity contribution in [2.45, 2.75) is 55.7 Å². The van der Waals surface area contributed by atoms with Gasteiger partial charge in [0, 0.05) is 37.8 Å². The Morgan fingerprint density at radius 3 is 2.28 bits per heavy atom. The molecule has 1 aliphatic carbocycles. The van der Waals surface area contributed by atoms with Crippen molar-refractivity contribution in [1.82, 2.24) is 35.1 Å². The number of nitrogens with zero attached hydrogens (tertiary/aromatic N) is 6. The molecule has 6 aromatic rings. The molecule has 15 heteroatoms. The number of aromatic nitrogens is 5. The number of pyridine rings is 1. The topological polar surface area (TPSA) is 192 Å². The minimum atomic E-state index is -1.27. The van der Waals surface area contributed by atoms with Crippen LogP contribution in [0, 0.1) is 0 Å². The van der Waals surface area contributed by atoms with E-state index < -0.39 is 30.4 Å². The molecular formula is C42H44N10O5. The molecule has 3 amide bonds. The van der Waals surface area contributed by atoms with Gasteiger partial charge in [-0.1, -0.05) is 91.0 Å². The highest BCUT2D eigenvalue weighted by Gasteiger charge is 2.44. The van der Waals surface area contributed by atoms with Crippen LogP contribution in [0.25, 0.3) is 11.2 Å². The Kier molecular flexibility index (Phi) is 11.2. The van der Waals surface area contributed by atoms with E-state index in [2.05, 4.69) is 50.5 Å². The second kappa shape index (κ2) is 17.1. The average molecular weight is 769 g/mol. The average Bonchev–Trinajstić information content (AvgIpc) is 3.96. The number of nitrogens with one attached hydrogen (secondary N) is 4. The first-order valence-electron chi connectivity index (χ1n) is 19.0. The number of amides is 3. The van der Waals surface area contributed by atoms with Crippen molar-refractivity contribution in [2.75, 3.05) is 35.2 Å². The van der Waals surface area contributed by atoms with Gasteiger partial charge in [-0.2, -0.15) is 9.97 Å². The number of urea groups is 1. The van der Waals surface area contributed by atoms with Crippen molar-refractivity contribution < 1.29 is 24.5 Å². The van der Waals surface area contributed by atoms with Crippen LogP contribution in [0.4, 0.5) is 27.0 Å². The molecule has 1 aliphatic heterocycles. The van der Waals surface area contributed by atoms with Gasteiger partial charge >= 0.3 is 12.1 Å². The molecule has 3 aromatic carbocycles. The lowest BCUT2D eigenvalue weighted by atomic mass is 9.91. The molecule has 0 spiro atoms. The maximum absolute atomic E-state index is 12.8. The second-order valence-corrected chi connectivity index (χ2v) is 14.3. The van der Waals surface area contributed by atoms with Crippen molar-refractivity contribution in [3.63, 3.8) is 0 Å². The summed E-state index contributed by atoms with van der Waals surface area (Å²) in [6.07, 6.45) is 2.47. The zero-order chi connectivity index (χ0) is 39.1. The summed E-state index contributed by atoms with van der Waals surface area (Å²) < 4.78 is 7.15. The number of benzene rings is 3. The quantitative estimate of drug-likeness (QED) is 0.100. The molecule has 3 aromatic heterocycles. The van der Waals surface area contributed by atoms with Crippen LogP contribution in [-0.4, -0.2) is 90.8 Å². The maximum Gasteiger partial charge on any atom is 0.407 e. The standard InChI is InChI=1S/C42H44N10O5/c53-36-33(48-42(56)57-25-27-11-4-1-5-12-27)21-34(37(36)54)52-26-45-35-38(44-23-32(28-13-6-2-7-14-28)29-15-8-3-9-16-29)49-40(50-39(35)52)51-20-18-31(24-51)47-41(55)46-30-17-10-19-43-22-30/h1-17,19,22,26,31-34,36-37,53-54H,18,20-21,23-25H2,(H,48,56)(H,44,49,50)(H2,46,47,55)/t31-,33+,34-,36-,37+/m1/s1. The highest BCUT2D eigenvalue weighted by molar-refractivity contribution is 5.89. The van der Waals surface area contributed by atoms with Gasteiger partial charge in [0.25, 0.3) is 0 Å². The lowest BCUT2D eigenvalue weighted by molar-refractivity contribution is 0.0136. The molecule has 292 valence electrons. The van der Waals surface area contributed by atoms with E-state index in [1.807, 2.05) is 71.6 Å². The number of anilines is 3. The summed E-state index contributed by atoms with van der Waals surface area (Å²) >= 11 is 0. The van der Waals surface area contributed by atoms with E-state index in [-0.39, 0.29) is 31.0 Å². The van der Waals surface area contributed by atoms with E-state index in [9.17, 15) is 19.8 Å². The first-order chi connectivity index (χ1) is 27.9. The predicted molar refractivity (Wildman–Crippen MR) is 215 cm³/mol. The van der Waals surface area contributed by atoms with Crippen LogP contribution in [0.15, 0.2) is 122 Å². The molecule has 2 aliphatic rings. The van der Waals surface area contributed by atoms with E-state index in [0.29, 0.717) is 54.7 Å². The number of carbonyl (C=O) groups excluding carboxylic acids is 2. The van der Waals surface area contributed by atoms with Crippen LogP contribution in [0.3, 0.4) is 0 Å². The molecule has 0 unspecified atom stereocenters. The molecule has 1 saturated carbocycles. The number of imidazole rings is 1. The lowest BCUT2D eigenvalue weighted by Crippen LogP contribution is -2.43. The normalized spacial score (nSPS) is 20.4. The maximum atomic E-state index is 12.8. The smallest absolute Gasteiger partial charge is 0.407 e. The number of carbonyl (C=O) groups is 2. The van der Waals surface area contributed by atoms with Gasteiger partial charge in [0.1, 0.15) is 18.8 Å². The van der Waals surface area contributed by atoms with Crippen LogP contribution in [0.5, 0.6) is 0 Å². The highest BCUT2D eigenvalue weighted by Crippen LogP contribution is 2.35. The Labute approximate surface area is 329 Å². The number of hydrogen-bond donors (Lipinski definition) is 6. The lowest BCUT2D eigenvalue weighted by Gasteiger charge is -2.22. The monoisotopic (exact) mass is 768 g/mol. The molecule has 5 atom stereocenters. The first kappa shape index (κ1) is 37.3. The molecule has 2 fully saturated rings. The molecule has 1 saturated heterocycles. The van der Waals surface area contributed by atoms with E-state index in [1.54, 1.807) is 35.4 Å². The zero-order valence-corrected chi connectivity index (χ0v) is 31.1. The van der Waals surface area contributed by atoms with Crippen LogP contribution in [0.1, 0.15) is 41.5 Å². The van der Waals surface area contributed by atoms with Gasteiger partial charge in [0.15, 0.2) is 17.0 Å². The van der Waals surface area contributed by atoms with Gasteiger partial charge in [-0.15, -0.1) is 0 Å². The van der Waals surface area contributed by atoms with Crippen LogP contribution in [0.2, 0.25) is 0 Å². The summed E-state index contributed by atoms with van der Waals surface area (Å²) in [6, 6.07) is 31.3. The molecule has 15 nitrogen and oxygen atoms in total. The highest BCUT2D eigenvalue weighted by atomic mass is 16.5. The van der Waals surface area contributed by atoms with Gasteiger partial charge in [-0.25, -0.2) is 14.6 Å². The molecule has 8 rings (SSSR count). The summed E-state index contributed by atoms with van der Waals surface area (Å²) in [5.41, 5.74) is 4.63. The van der Waals surface area contributed by atoms with Gasteiger partial charge < -0.3 is 45.7 Å². The fraction of sp³-hybridized carbons (Fsp3) is 0.286. The Balaban J connectivity index is 1.05. The SMILES string of the molecule is O=C(Nc1cccnc1)N[C@@H]1CCN(c2nc(NCC(c3ccccc3)c3ccccc3)c3ncn([C@@H]4C[C@H](NC(=O)OCc5ccccc5)[C@@H](O)[C@H]4O)c3n2)C1. The summed E-state index contributed by atoms with van der Waals surface area (Å²) in [5.74, 6) is 0.914. The first-order valence-corrected chi connectivity index (χ1v) is 19.0. The van der Waals surface area contributed by atoms with E-state index in [0.717, 1.165) is 16.7 Å². The predicted octanol–water partition coefficient (Wildman–Crippen LogP) is 4.83. The Bertz CT molecular complexity index is 2230. The Hall–Kier alpha value is -6.58. The van der Waals surface area contributed by atoms with E-state index in [1.165, 1.54) is 0 Å². The van der Waals surface area contributed by atoms with Gasteiger partial charge in [-0.3, -0.25) is 4.98 Å². The zero-order valence-electron chi connectivity index (χ0n) is 31.1. The van der Waals surface area contributed by atoms with Gasteiger partial charge in [0.2, 0.25) is 5.95 Å². The number of aliphatic hydroxyl groups is 2. The largest absolute Gasteiger partial charge is 0.445 e. The molecular weight excluding hydrogens is 725 g/mol. The molecule has 0 bridgehead atoms. The van der Waals surface area contributed by atoms with Crippen molar-refractivity contribution in [2.24, 2.45) is 0 Å². The number of ether oxygens (including phenoxy) is 1. The van der Waals surface area contributed by atoms with E-state index >= 15 is 0 Å². The molecule has 57 heavy (non-hydrogen) atoms. The summed E-state index contributed by atoms with van der Waals surface area (Å²) in [4.78, 5) is 46.4. The third-order valence-corrected chi connectivity index (χ3v) is 10.5. The Morgan fingerprint density at radius 2 is 1.58 bits per heavy atom. The molecule has 0 radical (unpaired) electrons. The number of alkyl carbamates (subject to hydrolysis) is 1. The number of aliphatic hydroxyl groups excluding tert-OH is 2. The van der Waals surface area contributed by atoms with Crippen molar-refractivity contribution in [1.29, 1.82) is 0 Å². The minimum Gasteiger partial charge on any atom is -0.445 e. The van der Waals surface area contributed by atoms with Gasteiger partial charge in [0.05, 0.1) is 30.3 Å².